The number of alkyl halides is 1. The second-order valence-electron chi connectivity index (χ2n) is 3.95. The van der Waals surface area contributed by atoms with Crippen LogP contribution in [0.15, 0.2) is 29.2 Å². The first-order valence-electron chi connectivity index (χ1n) is 5.04. The fourth-order valence-corrected chi connectivity index (χ4v) is 4.92. The summed E-state index contributed by atoms with van der Waals surface area (Å²) >= 11 is 2.15. The van der Waals surface area contributed by atoms with E-state index in [1.54, 1.807) is 12.1 Å². The lowest BCUT2D eigenvalue weighted by Gasteiger charge is -2.13. The monoisotopic (exact) mass is 352 g/mol. The Morgan fingerprint density at radius 3 is 2.38 bits per heavy atom. The van der Waals surface area contributed by atoms with Gasteiger partial charge < -0.3 is 4.74 Å². The number of benzene rings is 1. The number of hydrogen-bond acceptors (Lipinski definition) is 3. The topological polar surface area (TPSA) is 43.4 Å². The first kappa shape index (κ1) is 12.3. The number of ether oxygens (including phenoxy) is 1. The van der Waals surface area contributed by atoms with E-state index in [0.29, 0.717) is 18.1 Å². The van der Waals surface area contributed by atoms with E-state index in [4.69, 9.17) is 4.74 Å². The van der Waals surface area contributed by atoms with Gasteiger partial charge in [-0.05, 0) is 19.1 Å². The van der Waals surface area contributed by atoms with Gasteiger partial charge in [0, 0.05) is 0 Å². The van der Waals surface area contributed by atoms with Crippen molar-refractivity contribution < 1.29 is 13.2 Å². The third-order valence-corrected chi connectivity index (χ3v) is 6.62. The highest BCUT2D eigenvalue weighted by molar-refractivity contribution is 14.1. The fourth-order valence-electron chi connectivity index (χ4n) is 1.70. The second-order valence-corrected chi connectivity index (χ2v) is 7.72. The van der Waals surface area contributed by atoms with Crippen molar-refractivity contribution in [3.05, 3.63) is 29.8 Å². The minimum absolute atomic E-state index is 0.0453. The summed E-state index contributed by atoms with van der Waals surface area (Å²) in [5.74, 6) is 0. The van der Waals surface area contributed by atoms with Crippen LogP contribution < -0.4 is 0 Å². The average molecular weight is 352 g/mol. The highest BCUT2D eigenvalue weighted by Crippen LogP contribution is 2.27. The Balaban J connectivity index is 2.35. The number of halogens is 1. The van der Waals surface area contributed by atoms with Crippen LogP contribution in [0.5, 0.6) is 0 Å². The van der Waals surface area contributed by atoms with Crippen LogP contribution in [0.3, 0.4) is 0 Å². The van der Waals surface area contributed by atoms with Gasteiger partial charge in [-0.25, -0.2) is 8.42 Å². The summed E-state index contributed by atoms with van der Waals surface area (Å²) in [5.41, 5.74) is 1.06. The van der Waals surface area contributed by atoms with Gasteiger partial charge in [-0.3, -0.25) is 0 Å². The van der Waals surface area contributed by atoms with E-state index in [-0.39, 0.29) is 3.92 Å². The van der Waals surface area contributed by atoms with Gasteiger partial charge in [-0.1, -0.05) is 40.3 Å². The van der Waals surface area contributed by atoms with Gasteiger partial charge >= 0.3 is 0 Å². The van der Waals surface area contributed by atoms with Crippen LogP contribution >= 0.6 is 22.6 Å². The molecule has 5 heteroatoms. The zero-order valence-corrected chi connectivity index (χ0v) is 11.9. The van der Waals surface area contributed by atoms with Crippen molar-refractivity contribution in [1.29, 1.82) is 0 Å². The van der Waals surface area contributed by atoms with Crippen LogP contribution in [0.4, 0.5) is 0 Å². The Bertz CT molecular complexity index is 467. The minimum atomic E-state index is -3.24. The SMILES string of the molecule is Cc1ccc(S(=O)(=O)C2COCC2I)cc1. The molecule has 1 aromatic carbocycles. The first-order valence-corrected chi connectivity index (χ1v) is 7.83. The van der Waals surface area contributed by atoms with Crippen LogP contribution in [-0.2, 0) is 14.6 Å². The molecule has 2 atom stereocenters. The Kier molecular flexibility index (Phi) is 3.56. The van der Waals surface area contributed by atoms with Crippen LogP contribution in [0.1, 0.15) is 5.56 Å². The van der Waals surface area contributed by atoms with E-state index in [2.05, 4.69) is 22.6 Å². The maximum Gasteiger partial charge on any atom is 0.184 e. The van der Waals surface area contributed by atoms with E-state index in [0.717, 1.165) is 5.56 Å². The van der Waals surface area contributed by atoms with E-state index >= 15 is 0 Å². The quantitative estimate of drug-likeness (QED) is 0.604. The van der Waals surface area contributed by atoms with Crippen molar-refractivity contribution >= 4 is 32.4 Å². The maximum absolute atomic E-state index is 12.3. The average Bonchev–Trinajstić information content (AvgIpc) is 2.66. The zero-order valence-electron chi connectivity index (χ0n) is 8.89. The van der Waals surface area contributed by atoms with Crippen molar-refractivity contribution in [3.8, 4) is 0 Å². The molecule has 1 saturated heterocycles. The molecule has 1 aliphatic heterocycles. The van der Waals surface area contributed by atoms with Gasteiger partial charge in [0.15, 0.2) is 9.84 Å². The summed E-state index contributed by atoms with van der Waals surface area (Å²) in [6.45, 7) is 2.77. The van der Waals surface area contributed by atoms with E-state index in [9.17, 15) is 8.42 Å². The molecular formula is C11H13IO3S. The molecule has 0 radical (unpaired) electrons. The van der Waals surface area contributed by atoms with Gasteiger partial charge in [-0.15, -0.1) is 0 Å². The molecule has 0 aliphatic carbocycles. The minimum Gasteiger partial charge on any atom is -0.379 e. The van der Waals surface area contributed by atoms with Crippen molar-refractivity contribution in [3.63, 3.8) is 0 Å². The number of hydrogen-bond donors (Lipinski definition) is 0. The van der Waals surface area contributed by atoms with Gasteiger partial charge in [0.05, 0.1) is 22.0 Å². The molecule has 0 spiro atoms. The molecular weight excluding hydrogens is 339 g/mol. The summed E-state index contributed by atoms with van der Waals surface area (Å²) in [6, 6.07) is 6.99. The molecule has 16 heavy (non-hydrogen) atoms. The van der Waals surface area contributed by atoms with Gasteiger partial charge in [0.25, 0.3) is 0 Å². The van der Waals surface area contributed by atoms with E-state index in [1.165, 1.54) is 0 Å². The molecule has 3 nitrogen and oxygen atoms in total. The molecule has 1 aromatic rings. The third kappa shape index (κ3) is 2.26. The molecule has 0 amide bonds. The summed E-state index contributed by atoms with van der Waals surface area (Å²) in [7, 11) is -3.24. The maximum atomic E-state index is 12.3. The molecule has 0 N–H and O–H groups in total. The third-order valence-electron chi connectivity index (χ3n) is 2.71. The summed E-state index contributed by atoms with van der Waals surface area (Å²) in [4.78, 5) is 0.398. The Morgan fingerprint density at radius 1 is 1.25 bits per heavy atom. The highest BCUT2D eigenvalue weighted by atomic mass is 127. The van der Waals surface area contributed by atoms with Crippen LogP contribution in [0.2, 0.25) is 0 Å². The lowest BCUT2D eigenvalue weighted by Crippen LogP contribution is -2.29. The van der Waals surface area contributed by atoms with Gasteiger partial charge in [-0.2, -0.15) is 0 Å². The molecule has 0 aromatic heterocycles. The number of sulfone groups is 1. The van der Waals surface area contributed by atoms with Crippen LogP contribution in [0, 0.1) is 6.92 Å². The molecule has 2 unspecified atom stereocenters. The molecule has 0 saturated carbocycles. The summed E-state index contributed by atoms with van der Waals surface area (Å²) < 4.78 is 29.8. The largest absolute Gasteiger partial charge is 0.379 e. The van der Waals surface area contributed by atoms with Crippen LogP contribution in [-0.4, -0.2) is 30.8 Å². The van der Waals surface area contributed by atoms with E-state index < -0.39 is 15.1 Å². The molecule has 1 fully saturated rings. The summed E-state index contributed by atoms with van der Waals surface area (Å²) in [6.07, 6.45) is 0. The van der Waals surface area contributed by atoms with Crippen molar-refractivity contribution in [1.82, 2.24) is 0 Å². The van der Waals surface area contributed by atoms with Crippen LogP contribution in [0.25, 0.3) is 0 Å². The second kappa shape index (κ2) is 4.62. The Morgan fingerprint density at radius 2 is 1.88 bits per heavy atom. The summed E-state index contributed by atoms with van der Waals surface area (Å²) in [5, 5.41) is -0.407. The predicted octanol–water partition coefficient (Wildman–Crippen LogP) is 1.97. The fraction of sp³-hybridized carbons (Fsp3) is 0.455. The molecule has 1 aliphatic rings. The lowest BCUT2D eigenvalue weighted by atomic mass is 10.2. The van der Waals surface area contributed by atoms with Crippen molar-refractivity contribution in [2.24, 2.45) is 0 Å². The number of aryl methyl sites for hydroxylation is 1. The van der Waals surface area contributed by atoms with Gasteiger partial charge in [0.2, 0.25) is 0 Å². The van der Waals surface area contributed by atoms with E-state index in [1.807, 2.05) is 19.1 Å². The van der Waals surface area contributed by atoms with Gasteiger partial charge in [0.1, 0.15) is 5.25 Å². The highest BCUT2D eigenvalue weighted by Gasteiger charge is 2.37. The normalized spacial score (nSPS) is 25.9. The molecule has 88 valence electrons. The van der Waals surface area contributed by atoms with Crippen molar-refractivity contribution in [2.45, 2.75) is 21.0 Å². The molecule has 1 heterocycles. The Labute approximate surface area is 109 Å². The lowest BCUT2D eigenvalue weighted by molar-refractivity contribution is 0.200. The van der Waals surface area contributed by atoms with Crippen molar-refractivity contribution in [2.75, 3.05) is 13.2 Å². The molecule has 0 bridgehead atoms. The molecule has 2 rings (SSSR count). The standard InChI is InChI=1S/C11H13IO3S/c1-8-2-4-9(5-3-8)16(13,14)11-7-15-6-10(11)12/h2-5,10-11H,6-7H2,1H3. The predicted molar refractivity (Wildman–Crippen MR) is 70.8 cm³/mol. The smallest absolute Gasteiger partial charge is 0.184 e. The number of rotatable bonds is 2. The first-order chi connectivity index (χ1) is 7.51. The Hall–Kier alpha value is -0.140. The zero-order chi connectivity index (χ0) is 11.8.